The lowest BCUT2D eigenvalue weighted by molar-refractivity contribution is -0.143. The van der Waals surface area contributed by atoms with E-state index in [4.69, 9.17) is 13.9 Å². The van der Waals surface area contributed by atoms with Crippen LogP contribution in [0.15, 0.2) is 15.3 Å². The summed E-state index contributed by atoms with van der Waals surface area (Å²) in [4.78, 5) is 26.6. The highest BCUT2D eigenvalue weighted by Gasteiger charge is 2.25. The van der Waals surface area contributed by atoms with Crippen molar-refractivity contribution in [3.05, 3.63) is 38.7 Å². The second-order valence-corrected chi connectivity index (χ2v) is 7.44. The van der Waals surface area contributed by atoms with Gasteiger partial charge >= 0.3 is 11.6 Å². The summed E-state index contributed by atoms with van der Waals surface area (Å²) in [5.74, 6) is 0.509. The molecule has 6 heteroatoms. The van der Waals surface area contributed by atoms with E-state index in [1.54, 1.807) is 6.92 Å². The molecule has 1 unspecified atom stereocenters. The zero-order chi connectivity index (χ0) is 20.4. The maximum Gasteiger partial charge on any atom is 0.339 e. The number of nitrogens with zero attached hydrogens (tertiary/aromatic N) is 1. The molecule has 0 amide bonds. The van der Waals surface area contributed by atoms with Crippen molar-refractivity contribution in [2.24, 2.45) is 0 Å². The molecule has 6 nitrogen and oxygen atoms in total. The van der Waals surface area contributed by atoms with Crippen LogP contribution < -0.4 is 10.4 Å². The highest BCUT2D eigenvalue weighted by molar-refractivity contribution is 5.87. The Morgan fingerprint density at radius 2 is 2.04 bits per heavy atom. The number of hydrogen-bond acceptors (Lipinski definition) is 6. The molecule has 0 saturated carbocycles. The van der Waals surface area contributed by atoms with Gasteiger partial charge in [-0.05, 0) is 52.2 Å². The summed E-state index contributed by atoms with van der Waals surface area (Å²) in [7, 11) is 0. The molecule has 1 aliphatic heterocycles. The highest BCUT2D eigenvalue weighted by atomic mass is 16.5. The Balaban J connectivity index is 2.02. The molecule has 0 aliphatic carbocycles. The largest absolute Gasteiger partial charge is 0.477 e. The second kappa shape index (κ2) is 8.35. The van der Waals surface area contributed by atoms with Gasteiger partial charge in [-0.1, -0.05) is 6.92 Å². The van der Waals surface area contributed by atoms with Crippen molar-refractivity contribution in [2.45, 2.75) is 66.5 Å². The molecule has 1 aliphatic rings. The molecule has 1 aromatic carbocycles. The van der Waals surface area contributed by atoms with Gasteiger partial charge in [0.15, 0.2) is 0 Å². The fourth-order valence-corrected chi connectivity index (χ4v) is 3.75. The van der Waals surface area contributed by atoms with E-state index in [1.807, 2.05) is 13.8 Å². The van der Waals surface area contributed by atoms with E-state index < -0.39 is 5.63 Å². The van der Waals surface area contributed by atoms with Gasteiger partial charge in [0.2, 0.25) is 0 Å². The summed E-state index contributed by atoms with van der Waals surface area (Å²) in [5.41, 5.74) is 3.53. The summed E-state index contributed by atoms with van der Waals surface area (Å²) >= 11 is 0. The number of fused-ring (bicyclic) bond motifs is 2. The first kappa shape index (κ1) is 20.4. The average Bonchev–Trinajstić information content (AvgIpc) is 2.68. The van der Waals surface area contributed by atoms with E-state index in [0.29, 0.717) is 36.9 Å². The molecule has 0 N–H and O–H groups in total. The van der Waals surface area contributed by atoms with Crippen molar-refractivity contribution >= 4 is 16.9 Å². The number of rotatable bonds is 6. The van der Waals surface area contributed by atoms with Crippen molar-refractivity contribution < 1.29 is 18.7 Å². The number of aryl methyl sites for hydroxylation is 2. The molecular weight excluding hydrogens is 358 g/mol. The molecular formula is C22H29NO5. The van der Waals surface area contributed by atoms with Crippen LogP contribution in [0.2, 0.25) is 0 Å². The normalized spacial score (nSPS) is 15.2. The number of carbonyl (C=O) groups excluding carboxylic acids is 1. The highest BCUT2D eigenvalue weighted by Crippen LogP contribution is 2.36. The van der Waals surface area contributed by atoms with Crippen molar-refractivity contribution in [2.75, 3.05) is 13.3 Å². The Morgan fingerprint density at radius 3 is 2.71 bits per heavy atom. The van der Waals surface area contributed by atoms with Gasteiger partial charge in [-0.3, -0.25) is 9.69 Å². The predicted octanol–water partition coefficient (Wildman–Crippen LogP) is 3.86. The molecule has 1 aromatic heterocycles. The molecule has 0 bridgehead atoms. The fraction of sp³-hybridized carbons (Fsp3) is 0.545. The minimum absolute atomic E-state index is 0.166. The van der Waals surface area contributed by atoms with Crippen LogP contribution >= 0.6 is 0 Å². The van der Waals surface area contributed by atoms with E-state index in [1.165, 1.54) is 0 Å². The zero-order valence-electron chi connectivity index (χ0n) is 17.4. The topological polar surface area (TPSA) is 69.0 Å². The molecule has 1 atom stereocenters. The Bertz CT molecular complexity index is 946. The molecule has 0 saturated heterocycles. The summed E-state index contributed by atoms with van der Waals surface area (Å²) in [6.07, 6.45) is 1.53. The average molecular weight is 387 g/mol. The van der Waals surface area contributed by atoms with Gasteiger partial charge in [0.05, 0.1) is 6.61 Å². The van der Waals surface area contributed by atoms with E-state index >= 15 is 0 Å². The zero-order valence-corrected chi connectivity index (χ0v) is 17.4. The van der Waals surface area contributed by atoms with Gasteiger partial charge in [-0.25, -0.2) is 4.79 Å². The number of hydrogen-bond donors (Lipinski definition) is 0. The van der Waals surface area contributed by atoms with Crippen LogP contribution in [-0.4, -0.2) is 30.2 Å². The molecule has 152 valence electrons. The van der Waals surface area contributed by atoms with Crippen LogP contribution in [0.3, 0.4) is 0 Å². The molecule has 2 heterocycles. The summed E-state index contributed by atoms with van der Waals surface area (Å²) in [5, 5.41) is 0.907. The Kier molecular flexibility index (Phi) is 6.08. The maximum atomic E-state index is 12.6. The van der Waals surface area contributed by atoms with Crippen molar-refractivity contribution in [3.8, 4) is 5.75 Å². The lowest BCUT2D eigenvalue weighted by atomic mass is 9.97. The lowest BCUT2D eigenvalue weighted by Crippen LogP contribution is -2.38. The Morgan fingerprint density at radius 1 is 1.29 bits per heavy atom. The van der Waals surface area contributed by atoms with Gasteiger partial charge in [0.25, 0.3) is 0 Å². The van der Waals surface area contributed by atoms with Crippen LogP contribution in [-0.2, 0) is 22.5 Å². The number of benzene rings is 1. The molecule has 28 heavy (non-hydrogen) atoms. The van der Waals surface area contributed by atoms with Gasteiger partial charge < -0.3 is 13.9 Å². The van der Waals surface area contributed by atoms with Crippen molar-refractivity contribution in [1.82, 2.24) is 4.90 Å². The summed E-state index contributed by atoms with van der Waals surface area (Å²) < 4.78 is 16.6. The van der Waals surface area contributed by atoms with Gasteiger partial charge in [-0.15, -0.1) is 0 Å². The molecule has 3 rings (SSSR count). The Labute approximate surface area is 165 Å². The SMILES string of the molecule is CCOC(=O)CCc1c(C)c2cc3c(c(C)c2oc1=O)OCN(C(C)CC)C3. The lowest BCUT2D eigenvalue weighted by Gasteiger charge is -2.34. The second-order valence-electron chi connectivity index (χ2n) is 7.44. The van der Waals surface area contributed by atoms with Crippen molar-refractivity contribution in [3.63, 3.8) is 0 Å². The van der Waals surface area contributed by atoms with Crippen LogP contribution in [0.5, 0.6) is 5.75 Å². The molecule has 0 fully saturated rings. The number of carbonyl (C=O) groups is 1. The van der Waals surface area contributed by atoms with Crippen LogP contribution in [0.1, 0.15) is 55.9 Å². The quantitative estimate of drug-likeness (QED) is 0.554. The first-order valence-electron chi connectivity index (χ1n) is 9.98. The van der Waals surface area contributed by atoms with Gasteiger partial charge in [-0.2, -0.15) is 0 Å². The fourth-order valence-electron chi connectivity index (χ4n) is 3.75. The van der Waals surface area contributed by atoms with E-state index in [2.05, 4.69) is 24.8 Å². The monoisotopic (exact) mass is 387 g/mol. The Hall–Kier alpha value is -2.34. The van der Waals surface area contributed by atoms with E-state index in [0.717, 1.165) is 40.8 Å². The van der Waals surface area contributed by atoms with E-state index in [-0.39, 0.29) is 12.4 Å². The smallest absolute Gasteiger partial charge is 0.339 e. The van der Waals surface area contributed by atoms with E-state index in [9.17, 15) is 9.59 Å². The standard InChI is InChI=1S/C22H29NO5/c1-6-13(3)23-11-16-10-18-14(4)17(8-9-19(24)26-7-2)22(25)28-21(18)15(5)20(16)27-12-23/h10,13H,6-9,11-12H2,1-5H3. The third kappa shape index (κ3) is 3.78. The first-order chi connectivity index (χ1) is 13.4. The minimum atomic E-state index is -0.394. The number of ether oxygens (including phenoxy) is 2. The molecule has 2 aromatic rings. The summed E-state index contributed by atoms with van der Waals surface area (Å²) in [6, 6.07) is 2.50. The van der Waals surface area contributed by atoms with Gasteiger partial charge in [0, 0.05) is 41.1 Å². The third-order valence-corrected chi connectivity index (χ3v) is 5.68. The molecule has 0 spiro atoms. The summed E-state index contributed by atoms with van der Waals surface area (Å²) in [6.45, 7) is 11.7. The predicted molar refractivity (Wildman–Crippen MR) is 108 cm³/mol. The minimum Gasteiger partial charge on any atom is -0.477 e. The maximum absolute atomic E-state index is 12.6. The third-order valence-electron chi connectivity index (χ3n) is 5.68. The first-order valence-corrected chi connectivity index (χ1v) is 9.98. The van der Waals surface area contributed by atoms with Crippen LogP contribution in [0, 0.1) is 13.8 Å². The van der Waals surface area contributed by atoms with Crippen molar-refractivity contribution in [1.29, 1.82) is 0 Å². The number of esters is 1. The van der Waals surface area contributed by atoms with Crippen LogP contribution in [0.4, 0.5) is 0 Å². The van der Waals surface area contributed by atoms with Crippen LogP contribution in [0.25, 0.3) is 11.0 Å². The molecule has 0 radical (unpaired) electrons. The van der Waals surface area contributed by atoms with Gasteiger partial charge in [0.1, 0.15) is 18.1 Å².